The van der Waals surface area contributed by atoms with Crippen LogP contribution in [0.25, 0.3) is 0 Å². The van der Waals surface area contributed by atoms with Crippen molar-refractivity contribution in [1.29, 1.82) is 0 Å². The summed E-state index contributed by atoms with van der Waals surface area (Å²) in [5.74, 6) is -0.616. The average Bonchev–Trinajstić information content (AvgIpc) is 2.54. The fourth-order valence-electron chi connectivity index (χ4n) is 2.06. The molecule has 6 heteroatoms. The summed E-state index contributed by atoms with van der Waals surface area (Å²) in [6.45, 7) is 6.77. The zero-order chi connectivity index (χ0) is 19.3. The lowest BCUT2D eigenvalue weighted by Crippen LogP contribution is -2.27. The third-order valence-corrected chi connectivity index (χ3v) is 3.42. The molecule has 0 radical (unpaired) electrons. The number of amides is 2. The fourth-order valence-corrected chi connectivity index (χ4v) is 2.06. The molecule has 2 aromatic carbocycles. The number of nitrogens with one attached hydrogen (secondary N) is 2. The predicted octanol–water partition coefficient (Wildman–Crippen LogP) is 3.85. The third-order valence-electron chi connectivity index (χ3n) is 3.42. The summed E-state index contributed by atoms with van der Waals surface area (Å²) in [5.41, 5.74) is 0.972. The number of carbonyl (C=O) groups excluding carboxylic acids is 3. The maximum Gasteiger partial charge on any atom is 0.308 e. The van der Waals surface area contributed by atoms with E-state index in [9.17, 15) is 14.4 Å². The summed E-state index contributed by atoms with van der Waals surface area (Å²) in [4.78, 5) is 35.5. The van der Waals surface area contributed by atoms with Crippen LogP contribution in [0.4, 0.5) is 11.4 Å². The number of hydrogen-bond acceptors (Lipinski definition) is 4. The fraction of sp³-hybridized carbons (Fsp3) is 0.250. The van der Waals surface area contributed by atoms with Gasteiger partial charge in [0.15, 0.2) is 0 Å². The number of carbonyl (C=O) groups is 3. The SMILES string of the molecule is CC(=O)Oc1cccc(C(=O)Nc2cccc(NC(=O)C(C)(C)C)c2)c1. The lowest BCUT2D eigenvalue weighted by atomic mass is 9.95. The van der Waals surface area contributed by atoms with Gasteiger partial charge in [-0.05, 0) is 36.4 Å². The molecule has 0 atom stereocenters. The smallest absolute Gasteiger partial charge is 0.308 e. The standard InChI is InChI=1S/C20H22N2O4/c1-13(23)26-17-10-5-7-14(11-17)18(24)21-15-8-6-9-16(12-15)22-19(25)20(2,3)4/h5-12H,1-4H3,(H,21,24)(H,22,25). The molecular weight excluding hydrogens is 332 g/mol. The van der Waals surface area contributed by atoms with E-state index in [1.165, 1.54) is 13.0 Å². The molecule has 0 aliphatic carbocycles. The summed E-state index contributed by atoms with van der Waals surface area (Å²) in [7, 11) is 0. The Morgan fingerprint density at radius 2 is 1.50 bits per heavy atom. The van der Waals surface area contributed by atoms with Crippen LogP contribution >= 0.6 is 0 Å². The van der Waals surface area contributed by atoms with Crippen molar-refractivity contribution < 1.29 is 19.1 Å². The van der Waals surface area contributed by atoms with Gasteiger partial charge in [-0.25, -0.2) is 0 Å². The zero-order valence-electron chi connectivity index (χ0n) is 15.3. The van der Waals surface area contributed by atoms with Crippen molar-refractivity contribution >= 4 is 29.2 Å². The van der Waals surface area contributed by atoms with Crippen LogP contribution in [-0.2, 0) is 9.59 Å². The van der Waals surface area contributed by atoms with E-state index < -0.39 is 11.4 Å². The summed E-state index contributed by atoms with van der Waals surface area (Å²) >= 11 is 0. The molecule has 2 rings (SSSR count). The van der Waals surface area contributed by atoms with Gasteiger partial charge in [0, 0.05) is 29.3 Å². The van der Waals surface area contributed by atoms with Crippen LogP contribution in [0, 0.1) is 5.41 Å². The Morgan fingerprint density at radius 3 is 2.12 bits per heavy atom. The highest BCUT2D eigenvalue weighted by molar-refractivity contribution is 6.05. The summed E-state index contributed by atoms with van der Waals surface area (Å²) in [6.07, 6.45) is 0. The highest BCUT2D eigenvalue weighted by Gasteiger charge is 2.21. The van der Waals surface area contributed by atoms with Crippen LogP contribution < -0.4 is 15.4 Å². The van der Waals surface area contributed by atoms with Gasteiger partial charge in [0.25, 0.3) is 5.91 Å². The van der Waals surface area contributed by atoms with Gasteiger partial charge in [-0.3, -0.25) is 14.4 Å². The Kier molecular flexibility index (Phi) is 5.77. The minimum atomic E-state index is -0.517. The van der Waals surface area contributed by atoms with Gasteiger partial charge < -0.3 is 15.4 Å². The second-order valence-electron chi connectivity index (χ2n) is 6.86. The lowest BCUT2D eigenvalue weighted by Gasteiger charge is -2.18. The first-order chi connectivity index (χ1) is 12.1. The van der Waals surface area contributed by atoms with Gasteiger partial charge in [-0.15, -0.1) is 0 Å². The first kappa shape index (κ1) is 19.2. The first-order valence-electron chi connectivity index (χ1n) is 8.16. The van der Waals surface area contributed by atoms with E-state index in [-0.39, 0.29) is 11.8 Å². The molecule has 2 amide bonds. The van der Waals surface area contributed by atoms with Gasteiger partial charge in [-0.1, -0.05) is 32.9 Å². The molecule has 2 N–H and O–H groups in total. The average molecular weight is 354 g/mol. The second kappa shape index (κ2) is 7.82. The molecule has 0 fully saturated rings. The van der Waals surface area contributed by atoms with Crippen LogP contribution in [0.3, 0.4) is 0 Å². The number of ether oxygens (including phenoxy) is 1. The van der Waals surface area contributed by atoms with E-state index in [1.807, 2.05) is 20.8 Å². The van der Waals surface area contributed by atoms with Crippen molar-refractivity contribution in [2.75, 3.05) is 10.6 Å². The first-order valence-corrected chi connectivity index (χ1v) is 8.16. The summed E-state index contributed by atoms with van der Waals surface area (Å²) < 4.78 is 4.98. The summed E-state index contributed by atoms with van der Waals surface area (Å²) in [6, 6.07) is 13.2. The molecular formula is C20H22N2O4. The third kappa shape index (κ3) is 5.44. The number of anilines is 2. The monoisotopic (exact) mass is 354 g/mol. The number of esters is 1. The van der Waals surface area contributed by atoms with E-state index in [4.69, 9.17) is 4.74 Å². The van der Waals surface area contributed by atoms with Crippen LogP contribution in [-0.4, -0.2) is 17.8 Å². The van der Waals surface area contributed by atoms with Crippen molar-refractivity contribution in [3.63, 3.8) is 0 Å². The van der Waals surface area contributed by atoms with Crippen molar-refractivity contribution in [3.05, 3.63) is 54.1 Å². The minimum absolute atomic E-state index is 0.116. The minimum Gasteiger partial charge on any atom is -0.427 e. The van der Waals surface area contributed by atoms with Gasteiger partial charge in [0.1, 0.15) is 5.75 Å². The lowest BCUT2D eigenvalue weighted by molar-refractivity contribution is -0.131. The predicted molar refractivity (Wildman–Crippen MR) is 100 cm³/mol. The van der Waals surface area contributed by atoms with Crippen LogP contribution in [0.15, 0.2) is 48.5 Å². The summed E-state index contributed by atoms with van der Waals surface area (Å²) in [5, 5.41) is 5.58. The van der Waals surface area contributed by atoms with E-state index in [0.717, 1.165) is 0 Å². The molecule has 0 heterocycles. The Bertz CT molecular complexity index is 838. The maximum atomic E-state index is 12.4. The molecule has 0 aliphatic heterocycles. The van der Waals surface area contributed by atoms with Crippen molar-refractivity contribution in [2.45, 2.75) is 27.7 Å². The number of rotatable bonds is 4. The molecule has 2 aromatic rings. The Balaban J connectivity index is 2.11. The highest BCUT2D eigenvalue weighted by atomic mass is 16.5. The Labute approximate surface area is 152 Å². The number of benzene rings is 2. The molecule has 0 saturated carbocycles. The van der Waals surface area contributed by atoms with E-state index >= 15 is 0 Å². The van der Waals surface area contributed by atoms with Crippen LogP contribution in [0.1, 0.15) is 38.1 Å². The molecule has 0 aliphatic rings. The van der Waals surface area contributed by atoms with Gasteiger partial charge in [0.05, 0.1) is 0 Å². The van der Waals surface area contributed by atoms with Crippen molar-refractivity contribution in [2.24, 2.45) is 5.41 Å². The van der Waals surface area contributed by atoms with Crippen molar-refractivity contribution in [1.82, 2.24) is 0 Å². The van der Waals surface area contributed by atoms with Crippen molar-refractivity contribution in [3.8, 4) is 5.75 Å². The molecule has 0 spiro atoms. The quantitative estimate of drug-likeness (QED) is 0.645. The normalized spacial score (nSPS) is 10.8. The molecule has 0 bridgehead atoms. The molecule has 26 heavy (non-hydrogen) atoms. The van der Waals surface area contributed by atoms with E-state index in [1.54, 1.807) is 42.5 Å². The Morgan fingerprint density at radius 1 is 0.885 bits per heavy atom. The Hall–Kier alpha value is -3.15. The second-order valence-corrected chi connectivity index (χ2v) is 6.86. The molecule has 0 saturated heterocycles. The van der Waals surface area contributed by atoms with Gasteiger partial charge in [0.2, 0.25) is 5.91 Å². The molecule has 0 unspecified atom stereocenters. The highest BCUT2D eigenvalue weighted by Crippen LogP contribution is 2.21. The molecule has 6 nitrogen and oxygen atoms in total. The van der Waals surface area contributed by atoms with Crippen LogP contribution in [0.2, 0.25) is 0 Å². The maximum absolute atomic E-state index is 12.4. The molecule has 0 aromatic heterocycles. The zero-order valence-corrected chi connectivity index (χ0v) is 15.3. The van der Waals surface area contributed by atoms with Gasteiger partial charge in [-0.2, -0.15) is 0 Å². The topological polar surface area (TPSA) is 84.5 Å². The van der Waals surface area contributed by atoms with E-state index in [0.29, 0.717) is 22.7 Å². The van der Waals surface area contributed by atoms with Gasteiger partial charge >= 0.3 is 5.97 Å². The van der Waals surface area contributed by atoms with E-state index in [2.05, 4.69) is 10.6 Å². The number of hydrogen-bond donors (Lipinski definition) is 2. The van der Waals surface area contributed by atoms with Crippen LogP contribution in [0.5, 0.6) is 5.75 Å². The largest absolute Gasteiger partial charge is 0.427 e. The molecule has 136 valence electrons.